The summed E-state index contributed by atoms with van der Waals surface area (Å²) in [7, 11) is 0. The fourth-order valence-corrected chi connectivity index (χ4v) is 3.87. The SMILES string of the molecule is CCC(=O)OC1(c2ccccc2)CCN(CC(O)COc2ccccc2)C1C. The molecule has 1 aliphatic rings. The number of rotatable bonds is 8. The molecule has 0 spiro atoms. The maximum Gasteiger partial charge on any atom is 0.306 e. The zero-order valence-corrected chi connectivity index (χ0v) is 16.6. The fourth-order valence-electron chi connectivity index (χ4n) is 3.87. The summed E-state index contributed by atoms with van der Waals surface area (Å²) in [6.07, 6.45) is 0.418. The standard InChI is InChI=1S/C23H29NO4/c1-3-22(26)28-23(19-10-6-4-7-11-19)14-15-24(18(23)2)16-20(25)17-27-21-12-8-5-9-13-21/h4-13,18,20,25H,3,14-17H2,1-2H3. The number of nitrogens with zero attached hydrogens (tertiary/aromatic N) is 1. The lowest BCUT2D eigenvalue weighted by atomic mass is 9.86. The van der Waals surface area contributed by atoms with Crippen molar-refractivity contribution in [1.82, 2.24) is 4.90 Å². The number of para-hydroxylation sites is 1. The van der Waals surface area contributed by atoms with Gasteiger partial charge in [-0.15, -0.1) is 0 Å². The summed E-state index contributed by atoms with van der Waals surface area (Å²) in [6, 6.07) is 19.3. The number of carbonyl (C=O) groups is 1. The Morgan fingerprint density at radius 3 is 2.46 bits per heavy atom. The molecular weight excluding hydrogens is 354 g/mol. The molecule has 1 saturated heterocycles. The first-order chi connectivity index (χ1) is 13.5. The van der Waals surface area contributed by atoms with Crippen LogP contribution < -0.4 is 4.74 Å². The lowest BCUT2D eigenvalue weighted by molar-refractivity contribution is -0.163. The number of aliphatic hydroxyl groups is 1. The molecule has 3 atom stereocenters. The van der Waals surface area contributed by atoms with Gasteiger partial charge >= 0.3 is 5.97 Å². The van der Waals surface area contributed by atoms with E-state index in [-0.39, 0.29) is 18.6 Å². The molecule has 28 heavy (non-hydrogen) atoms. The molecule has 5 nitrogen and oxygen atoms in total. The van der Waals surface area contributed by atoms with Crippen LogP contribution in [0, 0.1) is 0 Å². The molecule has 5 heteroatoms. The van der Waals surface area contributed by atoms with Crippen LogP contribution in [0.3, 0.4) is 0 Å². The average molecular weight is 383 g/mol. The van der Waals surface area contributed by atoms with Crippen molar-refractivity contribution < 1.29 is 19.4 Å². The van der Waals surface area contributed by atoms with Gasteiger partial charge in [-0.05, 0) is 24.6 Å². The van der Waals surface area contributed by atoms with E-state index in [9.17, 15) is 9.90 Å². The Balaban J connectivity index is 1.68. The summed E-state index contributed by atoms with van der Waals surface area (Å²) < 4.78 is 11.7. The molecule has 0 radical (unpaired) electrons. The Hall–Kier alpha value is -2.37. The highest BCUT2D eigenvalue weighted by Gasteiger charge is 2.49. The number of likely N-dealkylation sites (tertiary alicyclic amines) is 1. The molecule has 0 aromatic heterocycles. The molecule has 1 N–H and O–H groups in total. The van der Waals surface area contributed by atoms with Crippen molar-refractivity contribution in [2.45, 2.75) is 44.4 Å². The van der Waals surface area contributed by atoms with Gasteiger partial charge in [-0.1, -0.05) is 55.5 Å². The second kappa shape index (κ2) is 9.22. The lowest BCUT2D eigenvalue weighted by Gasteiger charge is -2.36. The number of carbonyl (C=O) groups excluding carboxylic acids is 1. The predicted octanol–water partition coefficient (Wildman–Crippen LogP) is 3.37. The third kappa shape index (κ3) is 4.54. The summed E-state index contributed by atoms with van der Waals surface area (Å²) >= 11 is 0. The first kappa shape index (κ1) is 20.4. The summed E-state index contributed by atoms with van der Waals surface area (Å²) in [6.45, 7) is 5.30. The summed E-state index contributed by atoms with van der Waals surface area (Å²) in [5, 5.41) is 10.5. The van der Waals surface area contributed by atoms with Gasteiger partial charge in [0, 0.05) is 25.9 Å². The normalized spacial score (nSPS) is 23.3. The number of benzene rings is 2. The number of hydrogen-bond acceptors (Lipinski definition) is 5. The van der Waals surface area contributed by atoms with E-state index in [1.54, 1.807) is 0 Å². The van der Waals surface area contributed by atoms with Crippen LogP contribution in [-0.2, 0) is 15.1 Å². The molecular formula is C23H29NO4. The highest BCUT2D eigenvalue weighted by Crippen LogP contribution is 2.41. The quantitative estimate of drug-likeness (QED) is 0.709. The summed E-state index contributed by atoms with van der Waals surface area (Å²) in [4.78, 5) is 14.3. The molecule has 0 amide bonds. The summed E-state index contributed by atoms with van der Waals surface area (Å²) in [5.41, 5.74) is 0.316. The minimum Gasteiger partial charge on any atom is -0.491 e. The van der Waals surface area contributed by atoms with Crippen LogP contribution in [0.5, 0.6) is 5.75 Å². The van der Waals surface area contributed by atoms with Gasteiger partial charge in [0.05, 0.1) is 6.04 Å². The highest BCUT2D eigenvalue weighted by atomic mass is 16.6. The van der Waals surface area contributed by atoms with Crippen molar-refractivity contribution in [1.29, 1.82) is 0 Å². The largest absolute Gasteiger partial charge is 0.491 e. The first-order valence-corrected chi connectivity index (χ1v) is 9.92. The van der Waals surface area contributed by atoms with Crippen LogP contribution in [0.1, 0.15) is 32.3 Å². The van der Waals surface area contributed by atoms with Crippen molar-refractivity contribution in [3.63, 3.8) is 0 Å². The van der Waals surface area contributed by atoms with E-state index >= 15 is 0 Å². The zero-order valence-electron chi connectivity index (χ0n) is 16.6. The Bertz CT molecular complexity index is 752. The molecule has 1 fully saturated rings. The Morgan fingerprint density at radius 1 is 1.18 bits per heavy atom. The highest BCUT2D eigenvalue weighted by molar-refractivity contribution is 5.70. The molecule has 3 rings (SSSR count). The molecule has 3 unspecified atom stereocenters. The minimum atomic E-state index is -0.686. The fraction of sp³-hybridized carbons (Fsp3) is 0.435. The van der Waals surface area contributed by atoms with Crippen molar-refractivity contribution in [3.8, 4) is 5.75 Å². The van der Waals surface area contributed by atoms with Gasteiger partial charge in [0.1, 0.15) is 18.5 Å². The number of β-amino-alcohol motifs (C(OH)–C–C–N with tert-alkyl or cyclic N) is 1. The molecule has 150 valence electrons. The monoisotopic (exact) mass is 383 g/mol. The van der Waals surface area contributed by atoms with Gasteiger partial charge in [-0.2, -0.15) is 0 Å². The molecule has 1 heterocycles. The van der Waals surface area contributed by atoms with E-state index in [1.807, 2.05) is 67.6 Å². The average Bonchev–Trinajstić information content (AvgIpc) is 3.04. The van der Waals surface area contributed by atoms with Crippen molar-refractivity contribution in [3.05, 3.63) is 66.2 Å². The van der Waals surface area contributed by atoms with Crippen LogP contribution in [-0.4, -0.2) is 47.8 Å². The lowest BCUT2D eigenvalue weighted by Crippen LogP contribution is -2.46. The number of aliphatic hydroxyl groups excluding tert-OH is 1. The molecule has 0 bridgehead atoms. The molecule has 2 aromatic rings. The molecule has 1 aliphatic heterocycles. The number of ether oxygens (including phenoxy) is 2. The van der Waals surface area contributed by atoms with E-state index in [2.05, 4.69) is 11.8 Å². The third-order valence-electron chi connectivity index (χ3n) is 5.47. The Kier molecular flexibility index (Phi) is 6.70. The van der Waals surface area contributed by atoms with E-state index in [0.29, 0.717) is 19.4 Å². The van der Waals surface area contributed by atoms with Crippen LogP contribution >= 0.6 is 0 Å². The van der Waals surface area contributed by atoms with E-state index in [4.69, 9.17) is 9.47 Å². The Labute approximate surface area is 166 Å². The summed E-state index contributed by atoms with van der Waals surface area (Å²) in [5.74, 6) is 0.539. The van der Waals surface area contributed by atoms with E-state index < -0.39 is 11.7 Å². The van der Waals surface area contributed by atoms with Gasteiger partial charge < -0.3 is 14.6 Å². The predicted molar refractivity (Wildman–Crippen MR) is 108 cm³/mol. The Morgan fingerprint density at radius 2 is 1.82 bits per heavy atom. The topological polar surface area (TPSA) is 59.0 Å². The van der Waals surface area contributed by atoms with Crippen molar-refractivity contribution in [2.24, 2.45) is 0 Å². The third-order valence-corrected chi connectivity index (χ3v) is 5.47. The maximum absolute atomic E-state index is 12.2. The second-order valence-corrected chi connectivity index (χ2v) is 7.28. The maximum atomic E-state index is 12.2. The van der Waals surface area contributed by atoms with Gasteiger partial charge in [0.25, 0.3) is 0 Å². The molecule has 0 aliphatic carbocycles. The van der Waals surface area contributed by atoms with Crippen molar-refractivity contribution in [2.75, 3.05) is 19.7 Å². The minimum absolute atomic E-state index is 0.0447. The first-order valence-electron chi connectivity index (χ1n) is 9.92. The second-order valence-electron chi connectivity index (χ2n) is 7.28. The van der Waals surface area contributed by atoms with Gasteiger partial charge in [-0.3, -0.25) is 9.69 Å². The number of esters is 1. The van der Waals surface area contributed by atoms with Gasteiger partial charge in [0.2, 0.25) is 0 Å². The van der Waals surface area contributed by atoms with Gasteiger partial charge in [0.15, 0.2) is 5.60 Å². The van der Waals surface area contributed by atoms with E-state index in [1.165, 1.54) is 0 Å². The molecule has 2 aromatic carbocycles. The van der Waals surface area contributed by atoms with Gasteiger partial charge in [-0.25, -0.2) is 0 Å². The van der Waals surface area contributed by atoms with E-state index in [0.717, 1.165) is 17.9 Å². The van der Waals surface area contributed by atoms with Crippen molar-refractivity contribution >= 4 is 5.97 Å². The zero-order chi connectivity index (χ0) is 20.0. The van der Waals surface area contributed by atoms with Crippen LogP contribution in [0.2, 0.25) is 0 Å². The van der Waals surface area contributed by atoms with Crippen LogP contribution in [0.4, 0.5) is 0 Å². The van der Waals surface area contributed by atoms with Crippen LogP contribution in [0.25, 0.3) is 0 Å². The smallest absolute Gasteiger partial charge is 0.306 e. The molecule has 0 saturated carbocycles. The number of hydrogen-bond donors (Lipinski definition) is 1. The van der Waals surface area contributed by atoms with Crippen LogP contribution in [0.15, 0.2) is 60.7 Å².